The highest BCUT2D eigenvalue weighted by atomic mass is 15.2. The average molecular weight is 275 g/mol. The maximum atomic E-state index is 4.57. The highest BCUT2D eigenvalue weighted by Crippen LogP contribution is 2.31. The van der Waals surface area contributed by atoms with Gasteiger partial charge in [0.05, 0.1) is 0 Å². The summed E-state index contributed by atoms with van der Waals surface area (Å²) < 4.78 is 0. The highest BCUT2D eigenvalue weighted by Gasteiger charge is 2.26. The first-order chi connectivity index (χ1) is 9.52. The van der Waals surface area contributed by atoms with Gasteiger partial charge < -0.3 is 10.2 Å². The van der Waals surface area contributed by atoms with Crippen molar-refractivity contribution < 1.29 is 0 Å². The number of nitrogens with one attached hydrogen (secondary N) is 1. The van der Waals surface area contributed by atoms with Crippen LogP contribution in [0.5, 0.6) is 0 Å². The lowest BCUT2D eigenvalue weighted by molar-refractivity contribution is 0.279. The second-order valence-electron chi connectivity index (χ2n) is 6.77. The van der Waals surface area contributed by atoms with Crippen molar-refractivity contribution in [2.24, 2.45) is 5.41 Å². The standard InChI is InChI=1S/C17H29N3/c1-5-9-18-14(2)15-6-10-19-16(13-15)20-11-7-17(3,4)8-12-20/h6,10,13-14,18H,5,7-9,11-12H2,1-4H3. The number of aromatic nitrogens is 1. The van der Waals surface area contributed by atoms with Gasteiger partial charge in [0.1, 0.15) is 5.82 Å². The molecule has 2 heterocycles. The Morgan fingerprint density at radius 1 is 1.35 bits per heavy atom. The molecule has 0 spiro atoms. The Labute approximate surface area is 123 Å². The Morgan fingerprint density at radius 3 is 2.70 bits per heavy atom. The lowest BCUT2D eigenvalue weighted by atomic mass is 9.83. The van der Waals surface area contributed by atoms with Gasteiger partial charge in [0, 0.05) is 25.3 Å². The van der Waals surface area contributed by atoms with E-state index in [-0.39, 0.29) is 0 Å². The van der Waals surface area contributed by atoms with Gasteiger partial charge in [-0.15, -0.1) is 0 Å². The van der Waals surface area contributed by atoms with E-state index in [1.54, 1.807) is 0 Å². The summed E-state index contributed by atoms with van der Waals surface area (Å²) in [6.45, 7) is 12.5. The summed E-state index contributed by atoms with van der Waals surface area (Å²) in [5.41, 5.74) is 1.83. The van der Waals surface area contributed by atoms with E-state index in [0.717, 1.165) is 25.5 Å². The van der Waals surface area contributed by atoms with Gasteiger partial charge in [-0.3, -0.25) is 0 Å². The van der Waals surface area contributed by atoms with Crippen LogP contribution in [0.2, 0.25) is 0 Å². The number of piperidine rings is 1. The normalized spacial score (nSPS) is 19.9. The molecule has 0 saturated carbocycles. The van der Waals surface area contributed by atoms with Gasteiger partial charge in [-0.2, -0.15) is 0 Å². The van der Waals surface area contributed by atoms with Crippen LogP contribution in [0.15, 0.2) is 18.3 Å². The fourth-order valence-corrected chi connectivity index (χ4v) is 2.70. The molecular formula is C17H29N3. The van der Waals surface area contributed by atoms with Crippen LogP contribution < -0.4 is 10.2 Å². The third kappa shape index (κ3) is 3.95. The molecular weight excluding hydrogens is 246 g/mol. The van der Waals surface area contributed by atoms with Gasteiger partial charge in [0.15, 0.2) is 0 Å². The van der Waals surface area contributed by atoms with E-state index in [0.29, 0.717) is 11.5 Å². The van der Waals surface area contributed by atoms with Crippen LogP contribution in [0.25, 0.3) is 0 Å². The third-order valence-electron chi connectivity index (χ3n) is 4.41. The molecule has 0 amide bonds. The molecule has 2 rings (SSSR count). The van der Waals surface area contributed by atoms with Crippen molar-refractivity contribution in [2.45, 2.75) is 53.0 Å². The van der Waals surface area contributed by atoms with E-state index in [1.165, 1.54) is 24.8 Å². The second kappa shape index (κ2) is 6.57. The van der Waals surface area contributed by atoms with Gasteiger partial charge >= 0.3 is 0 Å². The van der Waals surface area contributed by atoms with Crippen LogP contribution in [-0.4, -0.2) is 24.6 Å². The van der Waals surface area contributed by atoms with Gasteiger partial charge in [-0.25, -0.2) is 4.98 Å². The topological polar surface area (TPSA) is 28.2 Å². The van der Waals surface area contributed by atoms with E-state index in [2.05, 4.69) is 55.0 Å². The second-order valence-corrected chi connectivity index (χ2v) is 6.77. The van der Waals surface area contributed by atoms with E-state index < -0.39 is 0 Å². The summed E-state index contributed by atoms with van der Waals surface area (Å²) in [7, 11) is 0. The number of pyridine rings is 1. The minimum Gasteiger partial charge on any atom is -0.357 e. The highest BCUT2D eigenvalue weighted by molar-refractivity contribution is 5.42. The van der Waals surface area contributed by atoms with Crippen LogP contribution in [0, 0.1) is 5.41 Å². The first-order valence-electron chi connectivity index (χ1n) is 7.96. The minimum absolute atomic E-state index is 0.401. The molecule has 1 aliphatic heterocycles. The van der Waals surface area contributed by atoms with Crippen LogP contribution in [0.1, 0.15) is 58.6 Å². The van der Waals surface area contributed by atoms with Crippen LogP contribution in [0.4, 0.5) is 5.82 Å². The molecule has 112 valence electrons. The summed E-state index contributed by atoms with van der Waals surface area (Å²) >= 11 is 0. The molecule has 1 aromatic rings. The maximum Gasteiger partial charge on any atom is 0.128 e. The van der Waals surface area contributed by atoms with Crippen molar-refractivity contribution >= 4 is 5.82 Å². The molecule has 1 saturated heterocycles. The molecule has 20 heavy (non-hydrogen) atoms. The Bertz CT molecular complexity index is 418. The Balaban J connectivity index is 2.02. The van der Waals surface area contributed by atoms with Gasteiger partial charge in [0.25, 0.3) is 0 Å². The Morgan fingerprint density at radius 2 is 2.05 bits per heavy atom. The molecule has 0 radical (unpaired) electrons. The molecule has 1 N–H and O–H groups in total. The molecule has 1 aliphatic rings. The van der Waals surface area contributed by atoms with E-state index in [1.807, 2.05) is 6.20 Å². The van der Waals surface area contributed by atoms with Crippen LogP contribution in [0.3, 0.4) is 0 Å². The lowest BCUT2D eigenvalue weighted by Gasteiger charge is -2.37. The number of hydrogen-bond acceptors (Lipinski definition) is 3. The van der Waals surface area contributed by atoms with Crippen molar-refractivity contribution in [1.29, 1.82) is 0 Å². The van der Waals surface area contributed by atoms with Crippen LogP contribution in [-0.2, 0) is 0 Å². The summed E-state index contributed by atoms with van der Waals surface area (Å²) in [6.07, 6.45) is 5.63. The monoisotopic (exact) mass is 275 g/mol. The van der Waals surface area contributed by atoms with Gasteiger partial charge in [-0.1, -0.05) is 20.8 Å². The molecule has 1 atom stereocenters. The molecule has 1 unspecified atom stereocenters. The predicted octanol–water partition coefficient (Wildman–Crippen LogP) is 3.77. The van der Waals surface area contributed by atoms with Crippen molar-refractivity contribution in [3.05, 3.63) is 23.9 Å². The largest absolute Gasteiger partial charge is 0.357 e. The number of anilines is 1. The summed E-state index contributed by atoms with van der Waals surface area (Å²) in [6, 6.07) is 4.79. The van der Waals surface area contributed by atoms with E-state index in [9.17, 15) is 0 Å². The average Bonchev–Trinajstić information content (AvgIpc) is 2.45. The van der Waals surface area contributed by atoms with E-state index >= 15 is 0 Å². The zero-order valence-corrected chi connectivity index (χ0v) is 13.4. The quantitative estimate of drug-likeness (QED) is 0.886. The first-order valence-corrected chi connectivity index (χ1v) is 7.96. The summed E-state index contributed by atoms with van der Waals surface area (Å²) in [4.78, 5) is 7.00. The van der Waals surface area contributed by atoms with Crippen molar-refractivity contribution in [1.82, 2.24) is 10.3 Å². The van der Waals surface area contributed by atoms with Crippen molar-refractivity contribution in [3.63, 3.8) is 0 Å². The minimum atomic E-state index is 0.401. The van der Waals surface area contributed by atoms with E-state index in [4.69, 9.17) is 0 Å². The third-order valence-corrected chi connectivity index (χ3v) is 4.41. The molecule has 0 bridgehead atoms. The Hall–Kier alpha value is -1.09. The summed E-state index contributed by atoms with van der Waals surface area (Å²) in [5, 5.41) is 3.55. The molecule has 3 heteroatoms. The number of nitrogens with zero attached hydrogens (tertiary/aromatic N) is 2. The zero-order valence-electron chi connectivity index (χ0n) is 13.4. The Kier molecular flexibility index (Phi) is 5.03. The molecule has 1 aromatic heterocycles. The predicted molar refractivity (Wildman–Crippen MR) is 86.2 cm³/mol. The molecule has 0 aromatic carbocycles. The fraction of sp³-hybridized carbons (Fsp3) is 0.706. The van der Waals surface area contributed by atoms with Crippen molar-refractivity contribution in [2.75, 3.05) is 24.5 Å². The van der Waals surface area contributed by atoms with Gasteiger partial charge in [-0.05, 0) is 55.8 Å². The smallest absolute Gasteiger partial charge is 0.128 e. The molecule has 1 fully saturated rings. The van der Waals surface area contributed by atoms with Gasteiger partial charge in [0.2, 0.25) is 0 Å². The zero-order chi connectivity index (χ0) is 14.6. The number of rotatable bonds is 5. The number of hydrogen-bond donors (Lipinski definition) is 1. The molecule has 3 nitrogen and oxygen atoms in total. The molecule has 0 aliphatic carbocycles. The summed E-state index contributed by atoms with van der Waals surface area (Å²) in [5.74, 6) is 1.14. The first kappa shape index (κ1) is 15.3. The van der Waals surface area contributed by atoms with Crippen molar-refractivity contribution in [3.8, 4) is 0 Å². The SMILES string of the molecule is CCCNC(C)c1ccnc(N2CCC(C)(C)CC2)c1. The maximum absolute atomic E-state index is 4.57. The van der Waals surface area contributed by atoms with Crippen LogP contribution >= 0.6 is 0 Å². The lowest BCUT2D eigenvalue weighted by Crippen LogP contribution is -2.37. The fourth-order valence-electron chi connectivity index (χ4n) is 2.70.